The second-order valence-corrected chi connectivity index (χ2v) is 5.45. The molecule has 0 radical (unpaired) electrons. The summed E-state index contributed by atoms with van der Waals surface area (Å²) in [5, 5.41) is 1.01. The van der Waals surface area contributed by atoms with E-state index in [1.54, 1.807) is 6.07 Å². The van der Waals surface area contributed by atoms with E-state index in [4.69, 9.17) is 0 Å². The van der Waals surface area contributed by atoms with Gasteiger partial charge in [0.2, 0.25) is 0 Å². The van der Waals surface area contributed by atoms with E-state index in [1.807, 2.05) is 19.3 Å². The first kappa shape index (κ1) is 12.3. The lowest BCUT2D eigenvalue weighted by molar-refractivity contribution is 0.629. The Balaban J connectivity index is 1.86. The molecule has 0 saturated carbocycles. The Kier molecular flexibility index (Phi) is 2.64. The molecule has 0 fully saturated rings. The van der Waals surface area contributed by atoms with E-state index in [1.165, 1.54) is 17.7 Å². The third-order valence-corrected chi connectivity index (χ3v) is 3.95. The van der Waals surface area contributed by atoms with E-state index in [9.17, 15) is 4.39 Å². The van der Waals surface area contributed by atoms with Crippen LogP contribution < -0.4 is 0 Å². The van der Waals surface area contributed by atoms with E-state index in [-0.39, 0.29) is 5.82 Å². The van der Waals surface area contributed by atoms with Crippen molar-refractivity contribution in [2.45, 2.75) is 19.8 Å². The summed E-state index contributed by atoms with van der Waals surface area (Å²) >= 11 is 0. The van der Waals surface area contributed by atoms with Gasteiger partial charge in [0.1, 0.15) is 5.82 Å². The van der Waals surface area contributed by atoms with Gasteiger partial charge in [-0.2, -0.15) is 0 Å². The van der Waals surface area contributed by atoms with Crippen molar-refractivity contribution in [3.8, 4) is 11.1 Å². The van der Waals surface area contributed by atoms with Crippen molar-refractivity contribution < 1.29 is 4.39 Å². The van der Waals surface area contributed by atoms with Crippen LogP contribution in [0, 0.1) is 5.82 Å². The number of hydrogen-bond acceptors (Lipinski definition) is 2. The van der Waals surface area contributed by atoms with Crippen molar-refractivity contribution in [2.24, 2.45) is 4.99 Å². The molecule has 4 heteroatoms. The van der Waals surface area contributed by atoms with Crippen LogP contribution in [-0.4, -0.2) is 15.7 Å². The highest BCUT2D eigenvalue weighted by Crippen LogP contribution is 2.32. The Labute approximate surface area is 121 Å². The summed E-state index contributed by atoms with van der Waals surface area (Å²) in [4.78, 5) is 12.1. The van der Waals surface area contributed by atoms with Crippen LogP contribution in [0.2, 0.25) is 0 Å². The molecule has 0 aliphatic carbocycles. The SMILES string of the molecule is CC1=Nc2ncc(-c3c[nH]c4cc(F)ccc34)cc2CC1. The average Bonchev–Trinajstić information content (AvgIpc) is 2.89. The zero-order chi connectivity index (χ0) is 14.4. The normalized spacial score (nSPS) is 14.1. The molecule has 1 aliphatic heterocycles. The zero-order valence-corrected chi connectivity index (χ0v) is 11.7. The molecule has 3 nitrogen and oxygen atoms in total. The fourth-order valence-electron chi connectivity index (χ4n) is 2.82. The number of aromatic nitrogens is 2. The second-order valence-electron chi connectivity index (χ2n) is 5.45. The Hall–Kier alpha value is -2.49. The van der Waals surface area contributed by atoms with Crippen molar-refractivity contribution >= 4 is 22.4 Å². The first-order valence-electron chi connectivity index (χ1n) is 7.01. The summed E-state index contributed by atoms with van der Waals surface area (Å²) in [6.45, 7) is 2.03. The van der Waals surface area contributed by atoms with Crippen LogP contribution in [0.4, 0.5) is 10.2 Å². The lowest BCUT2D eigenvalue weighted by Gasteiger charge is -2.13. The highest BCUT2D eigenvalue weighted by Gasteiger charge is 2.13. The smallest absolute Gasteiger partial charge is 0.154 e. The van der Waals surface area contributed by atoms with Crippen LogP contribution in [0.1, 0.15) is 18.9 Å². The number of nitrogens with one attached hydrogen (secondary N) is 1. The Morgan fingerprint density at radius 1 is 1.19 bits per heavy atom. The number of fused-ring (bicyclic) bond motifs is 2. The third-order valence-electron chi connectivity index (χ3n) is 3.95. The molecule has 4 rings (SSSR count). The number of benzene rings is 1. The van der Waals surface area contributed by atoms with E-state index in [2.05, 4.69) is 21.0 Å². The molecular weight excluding hydrogens is 265 g/mol. The molecule has 3 aromatic rings. The van der Waals surface area contributed by atoms with Crippen molar-refractivity contribution in [2.75, 3.05) is 0 Å². The molecule has 3 heterocycles. The second kappa shape index (κ2) is 4.52. The molecule has 1 aromatic carbocycles. The number of aliphatic imine (C=N–C) groups is 1. The summed E-state index contributed by atoms with van der Waals surface area (Å²) in [5.74, 6) is 0.595. The minimum absolute atomic E-state index is 0.232. The van der Waals surface area contributed by atoms with Crippen LogP contribution in [0.3, 0.4) is 0 Å². The number of aryl methyl sites for hydroxylation is 1. The van der Waals surface area contributed by atoms with Gasteiger partial charge in [-0.1, -0.05) is 0 Å². The maximum Gasteiger partial charge on any atom is 0.154 e. The minimum atomic E-state index is -0.232. The molecule has 21 heavy (non-hydrogen) atoms. The van der Waals surface area contributed by atoms with E-state index < -0.39 is 0 Å². The zero-order valence-electron chi connectivity index (χ0n) is 11.7. The van der Waals surface area contributed by atoms with Gasteiger partial charge in [-0.15, -0.1) is 0 Å². The van der Waals surface area contributed by atoms with Gasteiger partial charge in [-0.05, 0) is 49.6 Å². The van der Waals surface area contributed by atoms with Gasteiger partial charge in [0.15, 0.2) is 5.82 Å². The standard InChI is InChI=1S/C17H14FN3/c1-10-2-3-11-6-12(8-20-17(11)21-10)15-9-19-16-7-13(18)4-5-14(15)16/h4-9,19H,2-3H2,1H3. The predicted molar refractivity (Wildman–Crippen MR) is 82.6 cm³/mol. The minimum Gasteiger partial charge on any atom is -0.360 e. The molecule has 0 amide bonds. The number of pyridine rings is 1. The summed E-state index contributed by atoms with van der Waals surface area (Å²) in [6.07, 6.45) is 5.71. The fraction of sp³-hybridized carbons (Fsp3) is 0.176. The predicted octanol–water partition coefficient (Wildman–Crippen LogP) is 4.41. The third kappa shape index (κ3) is 2.03. The van der Waals surface area contributed by atoms with E-state index in [0.29, 0.717) is 0 Å². The highest BCUT2D eigenvalue weighted by molar-refractivity contribution is 5.95. The van der Waals surface area contributed by atoms with Crippen LogP contribution in [0.25, 0.3) is 22.0 Å². The number of rotatable bonds is 1. The van der Waals surface area contributed by atoms with Crippen LogP contribution >= 0.6 is 0 Å². The van der Waals surface area contributed by atoms with E-state index in [0.717, 1.165) is 46.4 Å². The quantitative estimate of drug-likeness (QED) is 0.704. The maximum atomic E-state index is 13.3. The van der Waals surface area contributed by atoms with Gasteiger partial charge < -0.3 is 4.98 Å². The molecule has 0 bridgehead atoms. The summed E-state index contributed by atoms with van der Waals surface area (Å²) in [7, 11) is 0. The number of halogens is 1. The number of aromatic amines is 1. The van der Waals surface area contributed by atoms with Crippen LogP contribution in [0.15, 0.2) is 41.7 Å². The van der Waals surface area contributed by atoms with Gasteiger partial charge in [-0.25, -0.2) is 14.4 Å². The summed E-state index contributed by atoms with van der Waals surface area (Å²) < 4.78 is 13.3. The van der Waals surface area contributed by atoms with Gasteiger partial charge in [-0.3, -0.25) is 0 Å². The molecule has 2 aromatic heterocycles. The first-order chi connectivity index (χ1) is 10.2. The summed E-state index contributed by atoms with van der Waals surface area (Å²) in [5.41, 5.74) is 5.20. The lowest BCUT2D eigenvalue weighted by atomic mass is 10.0. The van der Waals surface area contributed by atoms with Crippen molar-refractivity contribution in [1.29, 1.82) is 0 Å². The Morgan fingerprint density at radius 2 is 2.10 bits per heavy atom. The lowest BCUT2D eigenvalue weighted by Crippen LogP contribution is -2.03. The van der Waals surface area contributed by atoms with Gasteiger partial charge >= 0.3 is 0 Å². The maximum absolute atomic E-state index is 13.3. The van der Waals surface area contributed by atoms with Gasteiger partial charge in [0.05, 0.1) is 0 Å². The number of hydrogen-bond donors (Lipinski definition) is 1. The van der Waals surface area contributed by atoms with Gasteiger partial charge in [0, 0.05) is 40.1 Å². The molecule has 0 saturated heterocycles. The van der Waals surface area contributed by atoms with Crippen molar-refractivity contribution in [3.05, 3.63) is 48.0 Å². The molecular formula is C17H14FN3. The number of H-pyrrole nitrogens is 1. The van der Waals surface area contributed by atoms with Crippen molar-refractivity contribution in [1.82, 2.24) is 9.97 Å². The first-order valence-corrected chi connectivity index (χ1v) is 7.01. The van der Waals surface area contributed by atoms with Crippen LogP contribution in [-0.2, 0) is 6.42 Å². The van der Waals surface area contributed by atoms with Crippen LogP contribution in [0.5, 0.6) is 0 Å². The molecule has 1 aliphatic rings. The van der Waals surface area contributed by atoms with Gasteiger partial charge in [0.25, 0.3) is 0 Å². The molecule has 0 spiro atoms. The topological polar surface area (TPSA) is 41.0 Å². The number of nitrogens with zero attached hydrogens (tertiary/aromatic N) is 2. The molecule has 0 unspecified atom stereocenters. The Morgan fingerprint density at radius 3 is 3.00 bits per heavy atom. The van der Waals surface area contributed by atoms with E-state index >= 15 is 0 Å². The highest BCUT2D eigenvalue weighted by atomic mass is 19.1. The fourth-order valence-corrected chi connectivity index (χ4v) is 2.82. The molecule has 0 atom stereocenters. The van der Waals surface area contributed by atoms with Crippen molar-refractivity contribution in [3.63, 3.8) is 0 Å². The average molecular weight is 279 g/mol. The molecule has 1 N–H and O–H groups in total. The monoisotopic (exact) mass is 279 g/mol. The molecule has 104 valence electrons. The largest absolute Gasteiger partial charge is 0.360 e. The summed E-state index contributed by atoms with van der Waals surface area (Å²) in [6, 6.07) is 6.94. The Bertz CT molecular complexity index is 877.